The summed E-state index contributed by atoms with van der Waals surface area (Å²) in [6.07, 6.45) is 2.05. The zero-order valence-corrected chi connectivity index (χ0v) is 22.9. The number of ether oxygens (including phenoxy) is 1. The van der Waals surface area contributed by atoms with Crippen LogP contribution in [0.5, 0.6) is 0 Å². The summed E-state index contributed by atoms with van der Waals surface area (Å²) in [5, 5.41) is 17.1. The van der Waals surface area contributed by atoms with Gasteiger partial charge >= 0.3 is 29.6 Å². The van der Waals surface area contributed by atoms with Crippen LogP contribution in [-0.2, 0) is 9.53 Å². The second-order valence-electron chi connectivity index (χ2n) is 7.33. The van der Waals surface area contributed by atoms with Gasteiger partial charge in [0.15, 0.2) is 5.78 Å². The summed E-state index contributed by atoms with van der Waals surface area (Å²) in [4.78, 5) is 20.1. The van der Waals surface area contributed by atoms with Crippen molar-refractivity contribution in [3.05, 3.63) is 71.8 Å². The van der Waals surface area contributed by atoms with Gasteiger partial charge in [-0.3, -0.25) is 4.79 Å². The molecule has 1 unspecified atom stereocenters. The number of hydrogen-bond acceptors (Lipinski definition) is 5. The molecule has 1 saturated heterocycles. The molecule has 0 radical (unpaired) electrons. The maximum atomic E-state index is 10.6. The van der Waals surface area contributed by atoms with Gasteiger partial charge in [0.25, 0.3) is 0 Å². The molecule has 2 N–H and O–H groups in total. The first kappa shape index (κ1) is 35.3. The van der Waals surface area contributed by atoms with Crippen LogP contribution >= 0.6 is 0 Å². The van der Waals surface area contributed by atoms with Crippen LogP contribution in [0.1, 0.15) is 77.8 Å². The molecule has 1 aliphatic rings. The molecular weight excluding hydrogens is 415 g/mol. The van der Waals surface area contributed by atoms with Crippen molar-refractivity contribution < 1.29 is 55.5 Å². The van der Waals surface area contributed by atoms with Crippen LogP contribution in [0.25, 0.3) is 0 Å². The van der Waals surface area contributed by atoms with E-state index < -0.39 is 0 Å². The van der Waals surface area contributed by atoms with Crippen LogP contribution < -0.4 is 29.6 Å². The van der Waals surface area contributed by atoms with Gasteiger partial charge in [-0.25, -0.2) is 0 Å². The van der Waals surface area contributed by atoms with E-state index in [0.29, 0.717) is 0 Å². The van der Waals surface area contributed by atoms with Crippen LogP contribution in [-0.4, -0.2) is 41.1 Å². The Morgan fingerprint density at radius 3 is 1.34 bits per heavy atom. The molecule has 1 atom stereocenters. The Kier molecular flexibility index (Phi) is 26.8. The fraction of sp³-hybridized carbons (Fsp3) is 0.462. The number of aliphatic hydroxyl groups excluding tert-OH is 2. The second kappa shape index (κ2) is 24.3. The first-order chi connectivity index (χ1) is 14.6. The topological polar surface area (TPSA) is 83.8 Å². The van der Waals surface area contributed by atoms with Gasteiger partial charge in [0.05, 0.1) is 6.10 Å². The fourth-order valence-electron chi connectivity index (χ4n) is 1.91. The summed E-state index contributed by atoms with van der Waals surface area (Å²) < 4.78 is 4.94. The summed E-state index contributed by atoms with van der Waals surface area (Å²) in [7, 11) is 0. The van der Waals surface area contributed by atoms with E-state index in [1.54, 1.807) is 27.7 Å². The van der Waals surface area contributed by atoms with Crippen LogP contribution in [0.4, 0.5) is 0 Å². The Labute approximate surface area is 218 Å². The molecule has 2 aromatic carbocycles. The van der Waals surface area contributed by atoms with E-state index in [-0.39, 0.29) is 54.8 Å². The van der Waals surface area contributed by atoms with Crippen molar-refractivity contribution in [2.45, 2.75) is 66.6 Å². The molecule has 0 saturated carbocycles. The van der Waals surface area contributed by atoms with Gasteiger partial charge in [0, 0.05) is 24.9 Å². The van der Waals surface area contributed by atoms with Crippen molar-refractivity contribution in [3.8, 4) is 0 Å². The number of rotatable bonds is 2. The predicted molar refractivity (Wildman–Crippen MR) is 128 cm³/mol. The van der Waals surface area contributed by atoms with E-state index >= 15 is 0 Å². The van der Waals surface area contributed by atoms with Crippen molar-refractivity contribution in [2.75, 3.05) is 13.2 Å². The van der Waals surface area contributed by atoms with Crippen molar-refractivity contribution in [1.29, 1.82) is 0 Å². The van der Waals surface area contributed by atoms with E-state index in [1.165, 1.54) is 26.7 Å². The Morgan fingerprint density at radius 1 is 0.812 bits per heavy atom. The van der Waals surface area contributed by atoms with Crippen molar-refractivity contribution in [2.24, 2.45) is 0 Å². The molecule has 6 heteroatoms. The predicted octanol–water partition coefficient (Wildman–Crippen LogP) is 2.52. The molecule has 3 rings (SSSR count). The Morgan fingerprint density at radius 2 is 1.16 bits per heavy atom. The van der Waals surface area contributed by atoms with E-state index in [0.717, 1.165) is 24.3 Å². The molecule has 0 aliphatic carbocycles. The van der Waals surface area contributed by atoms with Gasteiger partial charge in [-0.15, -0.1) is 0 Å². The number of carbonyl (C=O) groups excluding carboxylic acids is 2. The third kappa shape index (κ3) is 28.7. The van der Waals surface area contributed by atoms with Crippen LogP contribution in [0.15, 0.2) is 60.7 Å². The first-order valence-corrected chi connectivity index (χ1v) is 10.6. The third-order valence-electron chi connectivity index (χ3n) is 3.29. The molecule has 176 valence electrons. The first-order valence-electron chi connectivity index (χ1n) is 10.6. The fourth-order valence-corrected chi connectivity index (χ4v) is 1.91. The number of hydrogen-bond donors (Lipinski definition) is 2. The number of benzene rings is 2. The normalized spacial score (nSPS) is 11.9. The summed E-state index contributed by atoms with van der Waals surface area (Å²) >= 11 is 0. The zero-order chi connectivity index (χ0) is 24.1. The SMILES string of the molecule is C1CCOC1.CC(=O)c1ccccc1.CC(C)=O.CC(C)O.CC(O)c1ccccc1.[H-].[Na+]. The van der Waals surface area contributed by atoms with Gasteiger partial charge < -0.3 is 21.2 Å². The summed E-state index contributed by atoms with van der Waals surface area (Å²) in [6, 6.07) is 18.8. The maximum Gasteiger partial charge on any atom is 1.00 e. The Balaban J connectivity index is -0.000000165. The summed E-state index contributed by atoms with van der Waals surface area (Å²) in [5.74, 6) is 0.288. The Bertz CT molecular complexity index is 661. The molecule has 5 nitrogen and oxygen atoms in total. The second-order valence-corrected chi connectivity index (χ2v) is 7.33. The van der Waals surface area contributed by atoms with Gasteiger partial charge in [-0.1, -0.05) is 60.7 Å². The average molecular weight is 457 g/mol. The smallest absolute Gasteiger partial charge is 1.00 e. The minimum absolute atomic E-state index is 0. The minimum atomic E-state index is -0.341. The summed E-state index contributed by atoms with van der Waals surface area (Å²) in [6.45, 7) is 11.8. The number of Topliss-reactive ketones (excluding diaryl/α,β-unsaturated/α-hetero) is 2. The van der Waals surface area contributed by atoms with Gasteiger partial charge in [-0.2, -0.15) is 0 Å². The van der Waals surface area contributed by atoms with Crippen LogP contribution in [0.3, 0.4) is 0 Å². The van der Waals surface area contributed by atoms with E-state index in [1.807, 2.05) is 60.7 Å². The largest absolute Gasteiger partial charge is 1.00 e. The molecule has 1 heterocycles. The third-order valence-corrected chi connectivity index (χ3v) is 3.29. The van der Waals surface area contributed by atoms with Gasteiger partial charge in [0.2, 0.25) is 0 Å². The van der Waals surface area contributed by atoms with E-state index in [9.17, 15) is 9.59 Å². The zero-order valence-electron chi connectivity index (χ0n) is 21.9. The van der Waals surface area contributed by atoms with E-state index in [4.69, 9.17) is 14.9 Å². The van der Waals surface area contributed by atoms with Crippen molar-refractivity contribution in [3.63, 3.8) is 0 Å². The van der Waals surface area contributed by atoms with Crippen molar-refractivity contribution >= 4 is 11.6 Å². The molecule has 2 aromatic rings. The molecule has 32 heavy (non-hydrogen) atoms. The standard InChI is InChI=1S/C8H10O.C8H8O.C4H8O.C3H8O.C3H6O.Na.H/c2*1-7(9)8-5-3-2-4-6-8;1-2-4-5-3-1;2*1-3(2)4;;/h2-7,9H,1H3;2-6H,1H3;1-4H2;3-4H,1-2H3;1-2H3;;/q;;;;;+1;-1. The summed E-state index contributed by atoms with van der Waals surface area (Å²) in [5.41, 5.74) is 1.75. The molecule has 1 fully saturated rings. The van der Waals surface area contributed by atoms with Gasteiger partial charge in [-0.05, 0) is 59.9 Å². The monoisotopic (exact) mass is 456 g/mol. The minimum Gasteiger partial charge on any atom is -1.00 e. The number of ketones is 2. The van der Waals surface area contributed by atoms with E-state index in [2.05, 4.69) is 0 Å². The molecular formula is C26H41NaO5. The molecule has 0 aromatic heterocycles. The van der Waals surface area contributed by atoms with Crippen LogP contribution in [0, 0.1) is 0 Å². The molecule has 0 amide bonds. The van der Waals surface area contributed by atoms with Crippen molar-refractivity contribution in [1.82, 2.24) is 0 Å². The average Bonchev–Trinajstić information content (AvgIpc) is 3.29. The van der Waals surface area contributed by atoms with Gasteiger partial charge in [0.1, 0.15) is 5.78 Å². The molecule has 0 bridgehead atoms. The maximum absolute atomic E-state index is 10.6. The molecule has 0 spiro atoms. The number of carbonyl (C=O) groups is 2. The van der Waals surface area contributed by atoms with Crippen LogP contribution in [0.2, 0.25) is 0 Å². The number of aliphatic hydroxyl groups is 2. The molecule has 1 aliphatic heterocycles. The Hall–Kier alpha value is -1.34. The quantitative estimate of drug-likeness (QED) is 0.536.